The van der Waals surface area contributed by atoms with E-state index in [-0.39, 0.29) is 17.0 Å². The van der Waals surface area contributed by atoms with Crippen molar-refractivity contribution in [1.29, 1.82) is 0 Å². The maximum Gasteiger partial charge on any atom is 0.148 e. The van der Waals surface area contributed by atoms with Crippen LogP contribution in [-0.2, 0) is 10.8 Å². The van der Waals surface area contributed by atoms with Crippen molar-refractivity contribution in [3.63, 3.8) is 0 Å². The third kappa shape index (κ3) is 3.62. The lowest BCUT2D eigenvalue weighted by atomic mass is 9.79. The van der Waals surface area contributed by atoms with Crippen LogP contribution >= 0.6 is 0 Å². The van der Waals surface area contributed by atoms with Gasteiger partial charge in [0.15, 0.2) is 0 Å². The second-order valence-corrected chi connectivity index (χ2v) is 14.8. The fourth-order valence-corrected chi connectivity index (χ4v) is 9.02. The van der Waals surface area contributed by atoms with Crippen molar-refractivity contribution in [2.75, 3.05) is 0 Å². The topological polar surface area (TPSA) is 29.3 Å². The number of rotatable bonds is 2. The standard InChI is InChI=1S/C45H37N3/c1-44(2)35-19-7-5-6-16-30(35)33-25-29(22-23-37(33)44)40-43(47-41-32-18-10-12-20-36(32)45(3,4)42(41)46-40)48-38-21-13-11-17-31(38)34-24-27-14-8-9-15-28(27)26-39(34)48/h5-18,20-26,43,47H,19H2,1-4H3. The summed E-state index contributed by atoms with van der Waals surface area (Å²) in [5.74, 6) is 0. The third-order valence-corrected chi connectivity index (χ3v) is 11.5. The molecule has 4 aliphatic rings. The summed E-state index contributed by atoms with van der Waals surface area (Å²) in [5, 5.41) is 9.15. The van der Waals surface area contributed by atoms with Gasteiger partial charge < -0.3 is 9.88 Å². The van der Waals surface area contributed by atoms with Gasteiger partial charge in [-0.25, -0.2) is 4.99 Å². The van der Waals surface area contributed by atoms with E-state index in [1.165, 1.54) is 66.0 Å². The van der Waals surface area contributed by atoms with Crippen LogP contribution in [0.25, 0.3) is 43.8 Å². The molecular weight excluding hydrogens is 583 g/mol. The first-order valence-electron chi connectivity index (χ1n) is 17.2. The highest BCUT2D eigenvalue weighted by Crippen LogP contribution is 2.51. The average molecular weight is 620 g/mol. The minimum absolute atomic E-state index is 0.0209. The van der Waals surface area contributed by atoms with Gasteiger partial charge in [-0.05, 0) is 69.3 Å². The van der Waals surface area contributed by atoms with Gasteiger partial charge in [-0.1, -0.05) is 131 Å². The molecule has 0 saturated heterocycles. The Morgan fingerprint density at radius 2 is 1.44 bits per heavy atom. The van der Waals surface area contributed by atoms with Gasteiger partial charge in [0.05, 0.1) is 28.1 Å². The van der Waals surface area contributed by atoms with Crippen molar-refractivity contribution >= 4 is 49.6 Å². The number of benzene rings is 5. The lowest BCUT2D eigenvalue weighted by molar-refractivity contribution is 0.588. The fraction of sp³-hybridized carbons (Fsp3) is 0.178. The number of para-hydroxylation sites is 1. The van der Waals surface area contributed by atoms with E-state index in [0.717, 1.165) is 29.1 Å². The van der Waals surface area contributed by atoms with Crippen molar-refractivity contribution in [3.8, 4) is 0 Å². The number of hydrogen-bond donors (Lipinski definition) is 1. The van der Waals surface area contributed by atoms with Crippen LogP contribution in [-0.4, -0.2) is 10.3 Å². The molecule has 1 N–H and O–H groups in total. The first kappa shape index (κ1) is 27.7. The van der Waals surface area contributed by atoms with Gasteiger partial charge in [-0.2, -0.15) is 0 Å². The van der Waals surface area contributed by atoms with Crippen molar-refractivity contribution in [3.05, 3.63) is 167 Å². The van der Waals surface area contributed by atoms with Crippen LogP contribution in [0.5, 0.6) is 0 Å². The molecule has 6 aromatic rings. The molecule has 3 heteroatoms. The van der Waals surface area contributed by atoms with E-state index in [2.05, 4.69) is 165 Å². The molecule has 1 aliphatic heterocycles. The van der Waals surface area contributed by atoms with E-state index in [1.54, 1.807) is 0 Å². The Labute approximate surface area is 281 Å². The predicted octanol–water partition coefficient (Wildman–Crippen LogP) is 10.8. The average Bonchev–Trinajstić information content (AvgIpc) is 3.48. The molecule has 0 bridgehead atoms. The molecule has 1 aromatic heterocycles. The number of hydrogen-bond acceptors (Lipinski definition) is 2. The molecule has 10 rings (SSSR count). The van der Waals surface area contributed by atoms with Crippen LogP contribution in [0.2, 0.25) is 0 Å². The zero-order valence-electron chi connectivity index (χ0n) is 27.8. The number of nitrogens with zero attached hydrogens (tertiary/aromatic N) is 2. The summed E-state index contributed by atoms with van der Waals surface area (Å²) in [6.07, 6.45) is 9.73. The zero-order valence-corrected chi connectivity index (χ0v) is 27.8. The first-order valence-corrected chi connectivity index (χ1v) is 17.2. The van der Waals surface area contributed by atoms with Crippen molar-refractivity contribution in [2.24, 2.45) is 4.99 Å². The summed E-state index contributed by atoms with van der Waals surface area (Å²) in [7, 11) is 0. The molecule has 232 valence electrons. The first-order chi connectivity index (χ1) is 23.3. The van der Waals surface area contributed by atoms with Gasteiger partial charge in [0, 0.05) is 32.7 Å². The fourth-order valence-electron chi connectivity index (χ4n) is 9.02. The molecule has 1 atom stereocenters. The van der Waals surface area contributed by atoms with Crippen molar-refractivity contribution in [2.45, 2.75) is 51.1 Å². The maximum atomic E-state index is 5.75. The van der Waals surface area contributed by atoms with E-state index in [4.69, 9.17) is 4.99 Å². The minimum atomic E-state index is -0.226. The molecule has 48 heavy (non-hydrogen) atoms. The third-order valence-electron chi connectivity index (χ3n) is 11.5. The molecule has 3 aliphatic carbocycles. The summed E-state index contributed by atoms with van der Waals surface area (Å²) in [6, 6.07) is 38.2. The minimum Gasteiger partial charge on any atom is -0.358 e. The number of aromatic nitrogens is 1. The van der Waals surface area contributed by atoms with Crippen LogP contribution in [0.3, 0.4) is 0 Å². The Hall–Kier alpha value is -5.41. The molecule has 0 radical (unpaired) electrons. The van der Waals surface area contributed by atoms with Crippen LogP contribution in [0, 0.1) is 0 Å². The Balaban J connectivity index is 1.26. The van der Waals surface area contributed by atoms with Gasteiger partial charge >= 0.3 is 0 Å². The molecule has 0 saturated carbocycles. The number of allylic oxidation sites excluding steroid dienone is 7. The molecule has 0 fully saturated rings. The molecule has 3 nitrogen and oxygen atoms in total. The molecule has 0 spiro atoms. The van der Waals surface area contributed by atoms with Gasteiger partial charge in [0.2, 0.25) is 0 Å². The second kappa shape index (κ2) is 9.58. The summed E-state index contributed by atoms with van der Waals surface area (Å²) in [4.78, 5) is 5.75. The lowest BCUT2D eigenvalue weighted by Crippen LogP contribution is -2.37. The zero-order chi connectivity index (χ0) is 32.4. The quantitative estimate of drug-likeness (QED) is 0.205. The number of fused-ring (bicyclic) bond motifs is 8. The summed E-state index contributed by atoms with van der Waals surface area (Å²) >= 11 is 0. The van der Waals surface area contributed by atoms with Gasteiger partial charge in [-0.15, -0.1) is 0 Å². The number of aliphatic imine (C=N–C) groups is 1. The Morgan fingerprint density at radius 1 is 0.688 bits per heavy atom. The highest BCUT2D eigenvalue weighted by atomic mass is 15.2. The molecular formula is C45H37N3. The molecule has 1 unspecified atom stereocenters. The monoisotopic (exact) mass is 619 g/mol. The number of nitrogens with one attached hydrogen (secondary N) is 1. The Kier molecular flexibility index (Phi) is 5.52. The maximum absolute atomic E-state index is 5.75. The largest absolute Gasteiger partial charge is 0.358 e. The SMILES string of the molecule is CC1(C)C2=C(C=CC=CC2)c2cc(C3=NC4=C(NC3n3c5ccccc5c5cc6ccccc6cc53)c3ccccc3C4(C)C)ccc21. The van der Waals surface area contributed by atoms with Crippen LogP contribution in [0.4, 0.5) is 0 Å². The highest BCUT2D eigenvalue weighted by Gasteiger charge is 2.43. The summed E-state index contributed by atoms with van der Waals surface area (Å²) < 4.78 is 2.50. The van der Waals surface area contributed by atoms with Gasteiger partial charge in [-0.3, -0.25) is 0 Å². The highest BCUT2D eigenvalue weighted by molar-refractivity contribution is 6.15. The van der Waals surface area contributed by atoms with Gasteiger partial charge in [0.25, 0.3) is 0 Å². The summed E-state index contributed by atoms with van der Waals surface area (Å²) in [5.41, 5.74) is 14.8. The predicted molar refractivity (Wildman–Crippen MR) is 201 cm³/mol. The molecule has 2 heterocycles. The van der Waals surface area contributed by atoms with Crippen molar-refractivity contribution in [1.82, 2.24) is 9.88 Å². The Bertz CT molecular complexity index is 2560. The van der Waals surface area contributed by atoms with E-state index >= 15 is 0 Å². The van der Waals surface area contributed by atoms with Crippen molar-refractivity contribution < 1.29 is 0 Å². The second-order valence-electron chi connectivity index (χ2n) is 14.8. The van der Waals surface area contributed by atoms with Crippen LogP contribution in [0.15, 0.2) is 144 Å². The smallest absolute Gasteiger partial charge is 0.148 e. The van der Waals surface area contributed by atoms with Crippen LogP contribution < -0.4 is 5.32 Å². The van der Waals surface area contributed by atoms with Gasteiger partial charge in [0.1, 0.15) is 6.17 Å². The van der Waals surface area contributed by atoms with Crippen LogP contribution in [0.1, 0.15) is 68.1 Å². The summed E-state index contributed by atoms with van der Waals surface area (Å²) in [6.45, 7) is 9.38. The molecule has 5 aromatic carbocycles. The van der Waals surface area contributed by atoms with E-state index < -0.39 is 0 Å². The van der Waals surface area contributed by atoms with E-state index in [1.807, 2.05) is 0 Å². The lowest BCUT2D eigenvalue weighted by Gasteiger charge is -2.32. The molecule has 0 amide bonds. The van der Waals surface area contributed by atoms with E-state index in [9.17, 15) is 0 Å². The van der Waals surface area contributed by atoms with E-state index in [0.29, 0.717) is 0 Å². The normalized spacial score (nSPS) is 20.1. The Morgan fingerprint density at radius 3 is 2.31 bits per heavy atom.